The average molecular weight is 258 g/mol. The van der Waals surface area contributed by atoms with Crippen molar-refractivity contribution in [3.63, 3.8) is 0 Å². The van der Waals surface area contributed by atoms with Crippen molar-refractivity contribution in [1.82, 2.24) is 14.6 Å². The van der Waals surface area contributed by atoms with Crippen LogP contribution in [0.1, 0.15) is 5.56 Å². The van der Waals surface area contributed by atoms with E-state index in [0.717, 1.165) is 5.56 Å². The van der Waals surface area contributed by atoms with Crippen molar-refractivity contribution in [2.45, 2.75) is 6.92 Å². The van der Waals surface area contributed by atoms with Gasteiger partial charge in [-0.05, 0) is 6.92 Å². The lowest BCUT2D eigenvalue weighted by atomic mass is 10.1. The third-order valence-electron chi connectivity index (χ3n) is 2.70. The fourth-order valence-corrected chi connectivity index (χ4v) is 2.47. The summed E-state index contributed by atoms with van der Waals surface area (Å²) in [6.07, 6.45) is 0. The highest BCUT2D eigenvalue weighted by molar-refractivity contribution is 7.20. The molecular weight excluding hydrogens is 248 g/mol. The molecule has 5 nitrogen and oxygen atoms in total. The first-order valence-corrected chi connectivity index (χ1v) is 6.20. The molecule has 2 heterocycles. The fraction of sp³-hybridized carbons (Fsp3) is 0.0833. The van der Waals surface area contributed by atoms with Crippen LogP contribution in [0.25, 0.3) is 16.2 Å². The molecule has 6 heteroatoms. The van der Waals surface area contributed by atoms with Gasteiger partial charge in [0.1, 0.15) is 0 Å². The summed E-state index contributed by atoms with van der Waals surface area (Å²) in [5.74, 6) is 0. The second-order valence-corrected chi connectivity index (χ2v) is 4.88. The molecule has 18 heavy (non-hydrogen) atoms. The zero-order valence-electron chi connectivity index (χ0n) is 9.62. The maximum Gasteiger partial charge on any atom is 0.278 e. The number of nitrogen functional groups attached to an aromatic ring is 1. The van der Waals surface area contributed by atoms with Crippen molar-refractivity contribution in [2.24, 2.45) is 0 Å². The topological polar surface area (TPSA) is 73.3 Å². The number of fused-ring (bicyclic) bond motifs is 1. The molecule has 2 aromatic heterocycles. The molecule has 0 atom stereocenters. The maximum atomic E-state index is 12.1. The van der Waals surface area contributed by atoms with Crippen LogP contribution in [0.4, 0.5) is 5.13 Å². The quantitative estimate of drug-likeness (QED) is 0.721. The van der Waals surface area contributed by atoms with Crippen LogP contribution in [0, 0.1) is 6.92 Å². The van der Waals surface area contributed by atoms with Crippen LogP contribution in [-0.2, 0) is 0 Å². The highest BCUT2D eigenvalue weighted by Gasteiger charge is 2.13. The number of benzene rings is 1. The van der Waals surface area contributed by atoms with E-state index in [0.29, 0.717) is 21.3 Å². The molecule has 0 saturated carbocycles. The standard InChI is InChI=1S/C12H10N4OS/c1-7-9(8-5-3-2-4-6-8)14-12-16(10(7)17)15-11(13)18-12/h2-6H,1H3,(H2,13,15). The summed E-state index contributed by atoms with van der Waals surface area (Å²) in [7, 11) is 0. The Hall–Kier alpha value is -2.21. The molecule has 0 radical (unpaired) electrons. The molecule has 0 amide bonds. The maximum absolute atomic E-state index is 12.1. The van der Waals surface area contributed by atoms with Crippen LogP contribution in [0.15, 0.2) is 35.1 Å². The van der Waals surface area contributed by atoms with Gasteiger partial charge in [0, 0.05) is 11.1 Å². The Bertz CT molecular complexity index is 776. The number of anilines is 1. The summed E-state index contributed by atoms with van der Waals surface area (Å²) in [6.45, 7) is 1.75. The molecule has 2 N–H and O–H groups in total. The first-order valence-electron chi connectivity index (χ1n) is 5.38. The summed E-state index contributed by atoms with van der Waals surface area (Å²) in [4.78, 5) is 17.1. The zero-order valence-corrected chi connectivity index (χ0v) is 10.4. The van der Waals surface area contributed by atoms with Gasteiger partial charge in [-0.1, -0.05) is 41.7 Å². The van der Waals surface area contributed by atoms with Gasteiger partial charge < -0.3 is 5.73 Å². The van der Waals surface area contributed by atoms with Crippen molar-refractivity contribution in [2.75, 3.05) is 5.73 Å². The van der Waals surface area contributed by atoms with Gasteiger partial charge in [0.05, 0.1) is 5.69 Å². The minimum absolute atomic E-state index is 0.174. The van der Waals surface area contributed by atoms with Crippen LogP contribution in [0.3, 0.4) is 0 Å². The van der Waals surface area contributed by atoms with E-state index in [2.05, 4.69) is 10.1 Å². The summed E-state index contributed by atoms with van der Waals surface area (Å²) < 4.78 is 1.25. The Morgan fingerprint density at radius 1 is 1.28 bits per heavy atom. The minimum Gasteiger partial charge on any atom is -0.374 e. The van der Waals surface area contributed by atoms with Gasteiger partial charge in [0.25, 0.3) is 5.56 Å². The number of hydrogen-bond acceptors (Lipinski definition) is 5. The lowest BCUT2D eigenvalue weighted by Gasteiger charge is -2.03. The molecule has 0 spiro atoms. The van der Waals surface area contributed by atoms with E-state index in [4.69, 9.17) is 5.73 Å². The summed E-state index contributed by atoms with van der Waals surface area (Å²) in [5.41, 5.74) is 7.61. The van der Waals surface area contributed by atoms with Gasteiger partial charge in [-0.3, -0.25) is 4.79 Å². The Labute approximate surface area is 107 Å². The monoisotopic (exact) mass is 258 g/mol. The first kappa shape index (κ1) is 10.9. The van der Waals surface area contributed by atoms with E-state index in [9.17, 15) is 4.79 Å². The predicted molar refractivity (Wildman–Crippen MR) is 71.7 cm³/mol. The molecule has 0 aliphatic heterocycles. The molecule has 0 unspecified atom stereocenters. The van der Waals surface area contributed by atoms with Crippen LogP contribution >= 0.6 is 11.3 Å². The Kier molecular flexibility index (Phi) is 2.38. The van der Waals surface area contributed by atoms with E-state index in [1.54, 1.807) is 6.92 Å². The summed E-state index contributed by atoms with van der Waals surface area (Å²) >= 11 is 1.20. The molecule has 0 fully saturated rings. The molecule has 90 valence electrons. The number of hydrogen-bond donors (Lipinski definition) is 1. The van der Waals surface area contributed by atoms with E-state index in [1.165, 1.54) is 15.9 Å². The number of aromatic nitrogens is 3. The van der Waals surface area contributed by atoms with Crippen LogP contribution < -0.4 is 11.3 Å². The average Bonchev–Trinajstić information content (AvgIpc) is 2.76. The predicted octanol–water partition coefficient (Wildman–Crippen LogP) is 1.71. The summed E-state index contributed by atoms with van der Waals surface area (Å²) in [5, 5.41) is 4.28. The second kappa shape index (κ2) is 3.92. The highest BCUT2D eigenvalue weighted by atomic mass is 32.1. The van der Waals surface area contributed by atoms with E-state index in [-0.39, 0.29) is 5.56 Å². The minimum atomic E-state index is -0.174. The van der Waals surface area contributed by atoms with Gasteiger partial charge in [-0.25, -0.2) is 4.98 Å². The normalized spacial score (nSPS) is 10.9. The van der Waals surface area contributed by atoms with Gasteiger partial charge in [0.15, 0.2) is 0 Å². The molecule has 0 aliphatic rings. The van der Waals surface area contributed by atoms with E-state index < -0.39 is 0 Å². The van der Waals surface area contributed by atoms with Crippen LogP contribution in [0.2, 0.25) is 0 Å². The van der Waals surface area contributed by atoms with Gasteiger partial charge in [-0.2, -0.15) is 4.52 Å². The van der Waals surface area contributed by atoms with Crippen molar-refractivity contribution >= 4 is 21.4 Å². The SMILES string of the molecule is Cc1c(-c2ccccc2)nc2sc(N)nn2c1=O. The first-order chi connectivity index (χ1) is 8.66. The van der Waals surface area contributed by atoms with Crippen LogP contribution in [-0.4, -0.2) is 14.6 Å². The molecule has 0 bridgehead atoms. The molecule has 0 aliphatic carbocycles. The van der Waals surface area contributed by atoms with Gasteiger partial charge in [-0.15, -0.1) is 5.10 Å². The number of nitrogens with zero attached hydrogens (tertiary/aromatic N) is 3. The largest absolute Gasteiger partial charge is 0.374 e. The summed E-state index contributed by atoms with van der Waals surface area (Å²) in [6, 6.07) is 9.61. The third-order valence-corrected chi connectivity index (χ3v) is 3.44. The molecule has 3 rings (SSSR count). The Balaban J connectivity index is 2.37. The number of nitrogens with two attached hydrogens (primary N) is 1. The van der Waals surface area contributed by atoms with E-state index >= 15 is 0 Å². The lowest BCUT2D eigenvalue weighted by Crippen LogP contribution is -2.19. The van der Waals surface area contributed by atoms with Gasteiger partial charge in [0.2, 0.25) is 10.1 Å². The zero-order chi connectivity index (χ0) is 12.7. The van der Waals surface area contributed by atoms with E-state index in [1.807, 2.05) is 30.3 Å². The third kappa shape index (κ3) is 1.58. The van der Waals surface area contributed by atoms with Crippen molar-refractivity contribution < 1.29 is 0 Å². The molecule has 3 aromatic rings. The van der Waals surface area contributed by atoms with Crippen molar-refractivity contribution in [1.29, 1.82) is 0 Å². The molecule has 0 saturated heterocycles. The molecular formula is C12H10N4OS. The smallest absolute Gasteiger partial charge is 0.278 e. The Morgan fingerprint density at radius 2 is 2.00 bits per heavy atom. The number of rotatable bonds is 1. The van der Waals surface area contributed by atoms with Gasteiger partial charge >= 0.3 is 0 Å². The molecule has 1 aromatic carbocycles. The Morgan fingerprint density at radius 3 is 2.72 bits per heavy atom. The van der Waals surface area contributed by atoms with Crippen molar-refractivity contribution in [3.05, 3.63) is 46.2 Å². The van der Waals surface area contributed by atoms with Crippen LogP contribution in [0.5, 0.6) is 0 Å². The van der Waals surface area contributed by atoms with Crippen molar-refractivity contribution in [3.8, 4) is 11.3 Å². The highest BCUT2D eigenvalue weighted by Crippen LogP contribution is 2.21. The second-order valence-electron chi connectivity index (χ2n) is 3.89. The lowest BCUT2D eigenvalue weighted by molar-refractivity contribution is 0.893. The fourth-order valence-electron chi connectivity index (χ4n) is 1.82.